The maximum Gasteiger partial charge on any atom is 0.240 e. The largest absolute Gasteiger partial charge is 0.378 e. The van der Waals surface area contributed by atoms with E-state index in [0.717, 1.165) is 22.7 Å². The minimum Gasteiger partial charge on any atom is -0.378 e. The first-order valence-electron chi connectivity index (χ1n) is 7.72. The minimum atomic E-state index is 0.504. The molecule has 0 aliphatic heterocycles. The van der Waals surface area contributed by atoms with Gasteiger partial charge >= 0.3 is 0 Å². The molecule has 25 heavy (non-hydrogen) atoms. The Hall–Kier alpha value is -2.87. The lowest BCUT2D eigenvalue weighted by Crippen LogP contribution is -2.08. The first kappa shape index (κ1) is 17.0. The van der Waals surface area contributed by atoms with Crippen LogP contribution in [0.4, 0.5) is 11.6 Å². The maximum absolute atomic E-state index is 4.33. The minimum absolute atomic E-state index is 0.504. The predicted molar refractivity (Wildman–Crippen MR) is 102 cm³/mol. The Balaban J connectivity index is 1.51. The number of thioether (sulfide) groups is 1. The fraction of sp³-hybridized carbons (Fsp3) is 0.176. The average molecular weight is 353 g/mol. The molecule has 0 atom stereocenters. The van der Waals surface area contributed by atoms with Crippen molar-refractivity contribution in [1.82, 2.24) is 20.2 Å². The molecular weight excluding hydrogens is 334 g/mol. The summed E-state index contributed by atoms with van der Waals surface area (Å²) in [7, 11) is 4.02. The monoisotopic (exact) mass is 353 g/mol. The van der Waals surface area contributed by atoms with E-state index in [4.69, 9.17) is 0 Å². The number of anilines is 2. The predicted octanol–water partition coefficient (Wildman–Crippen LogP) is 3.00. The zero-order valence-electron chi connectivity index (χ0n) is 14.0. The second kappa shape index (κ2) is 8.29. The Labute approximate surface area is 150 Å². The molecule has 0 spiro atoms. The van der Waals surface area contributed by atoms with Crippen molar-refractivity contribution >= 4 is 29.6 Å². The molecule has 3 aromatic rings. The Kier molecular flexibility index (Phi) is 5.63. The average Bonchev–Trinajstić information content (AvgIpc) is 3.09. The van der Waals surface area contributed by atoms with Crippen molar-refractivity contribution in [2.45, 2.75) is 10.9 Å². The lowest BCUT2D eigenvalue weighted by molar-refractivity contribution is 0.971. The molecule has 0 fully saturated rings. The summed E-state index contributed by atoms with van der Waals surface area (Å²) in [5.74, 6) is 1.23. The van der Waals surface area contributed by atoms with E-state index in [1.807, 2.05) is 56.6 Å². The number of nitrogens with one attached hydrogen (secondary N) is 2. The molecule has 0 saturated heterocycles. The topological polar surface area (TPSA) is 82.1 Å². The number of hydrogen-bond acceptors (Lipinski definition) is 7. The van der Waals surface area contributed by atoms with Crippen molar-refractivity contribution in [2.24, 2.45) is 5.10 Å². The Morgan fingerprint density at radius 1 is 1.20 bits per heavy atom. The van der Waals surface area contributed by atoms with E-state index in [1.165, 1.54) is 11.8 Å². The molecule has 0 aliphatic rings. The lowest BCUT2D eigenvalue weighted by atomic mass is 10.2. The van der Waals surface area contributed by atoms with Crippen LogP contribution in [0.2, 0.25) is 0 Å². The number of benzene rings is 1. The Morgan fingerprint density at radius 2 is 2.04 bits per heavy atom. The number of H-pyrrole nitrogens is 1. The third kappa shape index (κ3) is 5.05. The number of aromatic nitrogens is 4. The van der Waals surface area contributed by atoms with Gasteiger partial charge in [-0.3, -0.25) is 4.98 Å². The summed E-state index contributed by atoms with van der Waals surface area (Å²) in [5, 5.41) is 11.8. The van der Waals surface area contributed by atoms with Gasteiger partial charge in [0, 0.05) is 31.7 Å². The molecule has 1 aromatic carbocycles. The quantitative estimate of drug-likeness (QED) is 0.386. The van der Waals surface area contributed by atoms with Crippen LogP contribution >= 0.6 is 11.8 Å². The third-order valence-corrected chi connectivity index (χ3v) is 4.21. The van der Waals surface area contributed by atoms with Crippen LogP contribution in [-0.2, 0) is 5.75 Å². The number of hydrogen-bond donors (Lipinski definition) is 2. The van der Waals surface area contributed by atoms with Gasteiger partial charge in [-0.1, -0.05) is 30.0 Å². The highest BCUT2D eigenvalue weighted by atomic mass is 32.2. The molecule has 2 N–H and O–H groups in total. The number of aromatic amines is 1. The highest BCUT2D eigenvalue weighted by molar-refractivity contribution is 7.98. The zero-order valence-corrected chi connectivity index (χ0v) is 14.9. The smallest absolute Gasteiger partial charge is 0.240 e. The fourth-order valence-electron chi connectivity index (χ4n) is 2.01. The van der Waals surface area contributed by atoms with Crippen molar-refractivity contribution in [3.8, 4) is 0 Å². The lowest BCUT2D eigenvalue weighted by Gasteiger charge is -2.11. The van der Waals surface area contributed by atoms with Crippen LogP contribution in [0.3, 0.4) is 0 Å². The van der Waals surface area contributed by atoms with Gasteiger partial charge in [0.2, 0.25) is 11.1 Å². The van der Waals surface area contributed by atoms with E-state index in [0.29, 0.717) is 11.1 Å². The first-order chi connectivity index (χ1) is 12.2. The summed E-state index contributed by atoms with van der Waals surface area (Å²) in [6, 6.07) is 13.9. The molecular formula is C17H19N7S. The normalized spacial score (nSPS) is 11.0. The second-order valence-corrected chi connectivity index (χ2v) is 6.37. The standard InChI is InChI=1S/C17H19N7S/c1-24(2)15-8-6-13(7-9-15)11-19-21-16-20-17(23-22-16)25-12-14-5-3-4-10-18-14/h3-11H,12H2,1-2H3,(H2,20,21,22,23)/b19-11-. The molecule has 0 bridgehead atoms. The summed E-state index contributed by atoms with van der Waals surface area (Å²) < 4.78 is 0. The van der Waals surface area contributed by atoms with Crippen LogP contribution in [0.5, 0.6) is 0 Å². The van der Waals surface area contributed by atoms with E-state index < -0.39 is 0 Å². The molecule has 0 radical (unpaired) electrons. The van der Waals surface area contributed by atoms with Gasteiger partial charge in [0.05, 0.1) is 11.9 Å². The Morgan fingerprint density at radius 3 is 2.76 bits per heavy atom. The van der Waals surface area contributed by atoms with Gasteiger partial charge in [0.1, 0.15) is 0 Å². The fourth-order valence-corrected chi connectivity index (χ4v) is 2.72. The van der Waals surface area contributed by atoms with Crippen molar-refractivity contribution in [3.63, 3.8) is 0 Å². The van der Waals surface area contributed by atoms with Crippen molar-refractivity contribution in [3.05, 3.63) is 59.9 Å². The zero-order chi connectivity index (χ0) is 17.5. The number of hydrazone groups is 1. The number of nitrogens with zero attached hydrogens (tertiary/aromatic N) is 5. The van der Waals surface area contributed by atoms with Gasteiger partial charge in [-0.2, -0.15) is 10.1 Å². The summed E-state index contributed by atoms with van der Waals surface area (Å²) >= 11 is 1.52. The summed E-state index contributed by atoms with van der Waals surface area (Å²) in [6.45, 7) is 0. The SMILES string of the molecule is CN(C)c1ccc(/C=N\Nc2nc(SCc3ccccn3)n[nH]2)cc1. The van der Waals surface area contributed by atoms with Gasteiger partial charge in [-0.05, 0) is 29.8 Å². The number of pyridine rings is 1. The van der Waals surface area contributed by atoms with Crippen LogP contribution in [0.1, 0.15) is 11.3 Å². The van der Waals surface area contributed by atoms with E-state index >= 15 is 0 Å². The summed E-state index contributed by atoms with van der Waals surface area (Å²) in [6.07, 6.45) is 3.52. The first-order valence-corrected chi connectivity index (χ1v) is 8.71. The number of rotatable bonds is 7. The van der Waals surface area contributed by atoms with Crippen molar-refractivity contribution in [1.29, 1.82) is 0 Å². The summed E-state index contributed by atoms with van der Waals surface area (Å²) in [4.78, 5) is 10.7. The molecule has 0 unspecified atom stereocenters. The van der Waals surface area contributed by atoms with Gasteiger partial charge in [0.15, 0.2) is 0 Å². The highest BCUT2D eigenvalue weighted by Crippen LogP contribution is 2.18. The van der Waals surface area contributed by atoms with Gasteiger partial charge < -0.3 is 4.90 Å². The van der Waals surface area contributed by atoms with Crippen LogP contribution in [-0.4, -0.2) is 40.5 Å². The van der Waals surface area contributed by atoms with Crippen LogP contribution in [0, 0.1) is 0 Å². The van der Waals surface area contributed by atoms with E-state index in [2.05, 4.69) is 35.6 Å². The molecule has 2 heterocycles. The molecule has 8 heteroatoms. The van der Waals surface area contributed by atoms with Gasteiger partial charge in [0.25, 0.3) is 0 Å². The van der Waals surface area contributed by atoms with Crippen LogP contribution in [0.25, 0.3) is 0 Å². The third-order valence-electron chi connectivity index (χ3n) is 3.33. The van der Waals surface area contributed by atoms with Crippen LogP contribution < -0.4 is 10.3 Å². The van der Waals surface area contributed by atoms with Crippen molar-refractivity contribution < 1.29 is 0 Å². The molecule has 0 aliphatic carbocycles. The second-order valence-electron chi connectivity index (χ2n) is 5.43. The van der Waals surface area contributed by atoms with Crippen molar-refractivity contribution in [2.75, 3.05) is 24.4 Å². The van der Waals surface area contributed by atoms with E-state index in [-0.39, 0.29) is 0 Å². The molecule has 3 rings (SSSR count). The van der Waals surface area contributed by atoms with Crippen LogP contribution in [0.15, 0.2) is 58.9 Å². The Bertz CT molecular complexity index is 813. The van der Waals surface area contributed by atoms with Gasteiger partial charge in [-0.25, -0.2) is 10.5 Å². The molecule has 0 saturated carbocycles. The summed E-state index contributed by atoms with van der Waals surface area (Å²) in [5.41, 5.74) is 5.99. The van der Waals surface area contributed by atoms with E-state index in [1.54, 1.807) is 12.4 Å². The van der Waals surface area contributed by atoms with Gasteiger partial charge in [-0.15, -0.1) is 5.10 Å². The molecule has 2 aromatic heterocycles. The highest BCUT2D eigenvalue weighted by Gasteiger charge is 2.04. The molecule has 0 amide bonds. The molecule has 7 nitrogen and oxygen atoms in total. The van der Waals surface area contributed by atoms with E-state index in [9.17, 15) is 0 Å². The molecule has 128 valence electrons. The maximum atomic E-state index is 4.33.